The van der Waals surface area contributed by atoms with Crippen LogP contribution in [0.2, 0.25) is 58.9 Å². The van der Waals surface area contributed by atoms with Gasteiger partial charge >= 0.3 is 26.2 Å². The fraction of sp³-hybridized carbons (Fsp3) is 1.00. The molecule has 0 bridgehead atoms. The molecule has 0 amide bonds. The molecule has 0 N–H and O–H groups in total. The number of rotatable bonds is 3. The Labute approximate surface area is 150 Å². The van der Waals surface area contributed by atoms with E-state index in [0.29, 0.717) is 0 Å². The Bertz CT molecular complexity index is 165. The summed E-state index contributed by atoms with van der Waals surface area (Å²) in [6, 6.07) is 0. The second-order valence-corrected chi connectivity index (χ2v) is 21.2. The fourth-order valence-corrected chi connectivity index (χ4v) is 9.06. The van der Waals surface area contributed by atoms with Gasteiger partial charge in [0, 0.05) is 0 Å². The summed E-state index contributed by atoms with van der Waals surface area (Å²) < 4.78 is 4.82. The summed E-state index contributed by atoms with van der Waals surface area (Å²) in [6.45, 7) is 20.4. The zero-order valence-electron chi connectivity index (χ0n) is 13.7. The van der Waals surface area contributed by atoms with Gasteiger partial charge in [0.05, 0.1) is 0 Å². The average molecular weight is 425 g/mol. The average Bonchev–Trinajstić information content (AvgIpc) is 1.78. The fourth-order valence-electron chi connectivity index (χ4n) is 1.01. The molecule has 0 aliphatic rings. The smallest absolute Gasteiger partial charge is 1.00 e. The maximum atomic E-state index is 4.82. The van der Waals surface area contributed by atoms with Crippen LogP contribution in [0.4, 0.5) is 0 Å². The first kappa shape index (κ1) is 32.1. The predicted octanol–water partition coefficient (Wildman–Crippen LogP) is -1.14. The van der Waals surface area contributed by atoms with E-state index >= 15 is 0 Å². The Morgan fingerprint density at radius 3 is 0.722 bits per heavy atom. The van der Waals surface area contributed by atoms with Crippen LogP contribution in [0.3, 0.4) is 0 Å². The Hall–Kier alpha value is 2.03. The first-order valence-electron chi connectivity index (χ1n) is 5.62. The number of halogens is 2. The Morgan fingerprint density at radius 2 is 0.722 bits per heavy atom. The molecular formula is C10H30Cl2N2Si3Zr. The summed E-state index contributed by atoms with van der Waals surface area (Å²) >= 11 is 0. The van der Waals surface area contributed by atoms with Crippen molar-refractivity contribution in [1.82, 2.24) is 0 Å². The molecule has 0 aromatic carbocycles. The summed E-state index contributed by atoms with van der Waals surface area (Å²) in [7, 11) is -1.32. The molecule has 0 saturated heterocycles. The summed E-state index contributed by atoms with van der Waals surface area (Å²) in [6.07, 6.45) is 0. The van der Waals surface area contributed by atoms with Crippen molar-refractivity contribution >= 4 is 24.7 Å². The molecule has 2 nitrogen and oxygen atoms in total. The molecule has 8 heteroatoms. The van der Waals surface area contributed by atoms with Crippen molar-refractivity contribution < 1.29 is 51.0 Å². The van der Waals surface area contributed by atoms with E-state index in [0.717, 1.165) is 0 Å². The number of nitrogens with zero attached hydrogens (tertiary/aromatic N) is 2. The van der Waals surface area contributed by atoms with Crippen LogP contribution >= 0.6 is 0 Å². The summed E-state index contributed by atoms with van der Waals surface area (Å²) in [4.78, 5) is 4.16. The van der Waals surface area contributed by atoms with Gasteiger partial charge in [-0.05, 0) is 0 Å². The summed E-state index contributed by atoms with van der Waals surface area (Å²) in [5.41, 5.74) is 0. The third-order valence-electron chi connectivity index (χ3n) is 1.34. The normalized spacial score (nSPS) is 11.0. The van der Waals surface area contributed by atoms with Crippen molar-refractivity contribution in [1.29, 1.82) is 0 Å². The van der Waals surface area contributed by atoms with Crippen molar-refractivity contribution in [2.45, 2.75) is 58.9 Å². The van der Waals surface area contributed by atoms with Gasteiger partial charge in [-0.15, -0.1) is 0 Å². The van der Waals surface area contributed by atoms with Crippen molar-refractivity contribution in [3.63, 3.8) is 0 Å². The molecule has 0 aliphatic heterocycles. The molecule has 0 radical (unpaired) electrons. The van der Waals surface area contributed by atoms with E-state index in [-0.39, 0.29) is 51.0 Å². The van der Waals surface area contributed by atoms with E-state index in [1.807, 2.05) is 7.05 Å². The molecule has 0 aliphatic carbocycles. The molecule has 18 heavy (non-hydrogen) atoms. The van der Waals surface area contributed by atoms with Gasteiger partial charge in [-0.2, -0.15) is 7.05 Å². The van der Waals surface area contributed by atoms with Gasteiger partial charge < -0.3 is 34.4 Å². The molecule has 0 aromatic heterocycles. The quantitative estimate of drug-likeness (QED) is 0.513. The summed E-state index contributed by atoms with van der Waals surface area (Å²) in [5.74, 6) is 0. The molecule has 0 saturated carbocycles. The molecule has 110 valence electrons. The van der Waals surface area contributed by atoms with Gasteiger partial charge in [0.1, 0.15) is 0 Å². The van der Waals surface area contributed by atoms with E-state index in [1.54, 1.807) is 0 Å². The molecule has 0 rings (SSSR count). The number of hydrogen-bond donors (Lipinski definition) is 0. The van der Waals surface area contributed by atoms with Gasteiger partial charge in [-0.25, -0.2) is 0 Å². The minimum absolute atomic E-state index is 0. The molecule has 0 atom stereocenters. The number of hydrogen-bond acceptors (Lipinski definition) is 0. The van der Waals surface area contributed by atoms with E-state index in [1.165, 1.54) is 0 Å². The van der Waals surface area contributed by atoms with Gasteiger partial charge in [0.25, 0.3) is 0 Å². The van der Waals surface area contributed by atoms with E-state index < -0.39 is 24.7 Å². The standard InChI is InChI=1S/C6H18NSi2.C4H12NSi.2ClH.Zr/c1-8(2,3)7-9(4,5)6;1-5-6(2,3)4;;;/h1-6H3;1-4H3;2*1H;/q2*-1;;;+4/p-2. The largest absolute Gasteiger partial charge is 4.00 e. The first-order valence-corrected chi connectivity index (χ1v) is 16.0. The van der Waals surface area contributed by atoms with Crippen molar-refractivity contribution in [3.05, 3.63) is 9.63 Å². The maximum absolute atomic E-state index is 4.82. The predicted molar refractivity (Wildman–Crippen MR) is 82.7 cm³/mol. The zero-order chi connectivity index (χ0) is 12.9. The van der Waals surface area contributed by atoms with E-state index in [4.69, 9.17) is 4.65 Å². The minimum atomic E-state index is -1.11. The van der Waals surface area contributed by atoms with Crippen molar-refractivity contribution in [2.75, 3.05) is 7.05 Å². The van der Waals surface area contributed by atoms with E-state index in [9.17, 15) is 0 Å². The Balaban J connectivity index is -0.0000000566. The second kappa shape index (κ2) is 12.8. The monoisotopic (exact) mass is 422 g/mol. The van der Waals surface area contributed by atoms with Crippen molar-refractivity contribution in [2.24, 2.45) is 0 Å². The van der Waals surface area contributed by atoms with Gasteiger partial charge in [0.2, 0.25) is 0 Å². The second-order valence-electron chi connectivity index (χ2n) is 6.85. The summed E-state index contributed by atoms with van der Waals surface area (Å²) in [5, 5.41) is 0. The molecule has 0 aromatic rings. The third-order valence-corrected chi connectivity index (χ3v) is 8.05. The molecule has 0 spiro atoms. The van der Waals surface area contributed by atoms with Gasteiger partial charge in [-0.1, -0.05) is 83.6 Å². The van der Waals surface area contributed by atoms with Gasteiger partial charge in [0.15, 0.2) is 0 Å². The molecule has 0 unspecified atom stereocenters. The van der Waals surface area contributed by atoms with Crippen LogP contribution in [0, 0.1) is 0 Å². The van der Waals surface area contributed by atoms with E-state index in [2.05, 4.69) is 63.9 Å². The van der Waals surface area contributed by atoms with Crippen LogP contribution in [-0.4, -0.2) is 31.8 Å². The van der Waals surface area contributed by atoms with Crippen LogP contribution < -0.4 is 24.8 Å². The van der Waals surface area contributed by atoms with Crippen molar-refractivity contribution in [3.8, 4) is 0 Å². The Morgan fingerprint density at radius 1 is 0.556 bits per heavy atom. The molecule has 0 heterocycles. The van der Waals surface area contributed by atoms with Gasteiger partial charge in [-0.3, -0.25) is 0 Å². The van der Waals surface area contributed by atoms with Crippen LogP contribution in [0.15, 0.2) is 0 Å². The SMILES string of the molecule is C[N-][Si](C)(C)C.C[Si](C)(C)[N-][Si](C)(C)C.[Cl-].[Cl-].[Zr+4]. The first-order chi connectivity index (χ1) is 6.27. The minimum Gasteiger partial charge on any atom is -1.00 e. The third kappa shape index (κ3) is 43.0. The zero-order valence-corrected chi connectivity index (χ0v) is 20.6. The maximum Gasteiger partial charge on any atom is 4.00 e. The van der Waals surface area contributed by atoms with Crippen LogP contribution in [0.5, 0.6) is 0 Å². The topological polar surface area (TPSA) is 28.2 Å². The van der Waals surface area contributed by atoms with Crippen LogP contribution in [0.25, 0.3) is 9.63 Å². The Kier molecular flexibility index (Phi) is 22.7. The molecule has 0 fully saturated rings. The van der Waals surface area contributed by atoms with Crippen LogP contribution in [-0.2, 0) is 26.2 Å². The van der Waals surface area contributed by atoms with Crippen LogP contribution in [0.1, 0.15) is 0 Å². The molecular weight excluding hydrogens is 395 g/mol.